The van der Waals surface area contributed by atoms with E-state index in [4.69, 9.17) is 47.4 Å². The average molecular weight is 1070 g/mol. The number of hydrogen-bond acceptors (Lipinski definition) is 23. The van der Waals surface area contributed by atoms with Gasteiger partial charge in [-0.15, -0.1) is 0 Å². The Hall–Kier alpha value is -0.920. The fourth-order valence-electron chi connectivity index (χ4n) is 16.1. The third kappa shape index (κ3) is 9.66. The molecule has 4 aliphatic carbocycles. The lowest BCUT2D eigenvalue weighted by Crippen LogP contribution is -2.67. The molecule has 0 amide bonds. The molecule has 13 N–H and O–H groups in total. The lowest BCUT2D eigenvalue weighted by molar-refractivity contribution is -0.393. The van der Waals surface area contributed by atoms with E-state index in [1.165, 1.54) is 0 Å². The van der Waals surface area contributed by atoms with Crippen LogP contribution in [-0.2, 0) is 47.4 Å². The van der Waals surface area contributed by atoms with Gasteiger partial charge in [-0.05, 0) is 104 Å². The van der Waals surface area contributed by atoms with Crippen molar-refractivity contribution in [2.24, 2.45) is 52.3 Å². The van der Waals surface area contributed by atoms with Crippen LogP contribution in [0.3, 0.4) is 0 Å². The zero-order chi connectivity index (χ0) is 52.9. The first kappa shape index (κ1) is 56.4. The van der Waals surface area contributed by atoms with Crippen molar-refractivity contribution in [2.75, 3.05) is 33.0 Å². The minimum atomic E-state index is -2.03. The molecule has 0 unspecified atom stereocenters. The largest absolute Gasteiger partial charge is 0.394 e. The molecule has 23 heteroatoms. The highest BCUT2D eigenvalue weighted by atomic mass is 16.8. The van der Waals surface area contributed by atoms with Crippen molar-refractivity contribution >= 4 is 0 Å². The van der Waals surface area contributed by atoms with Gasteiger partial charge in [0.25, 0.3) is 0 Å². The normalized spacial score (nSPS) is 57.6. The lowest BCUT2D eigenvalue weighted by atomic mass is 9.44. The molecular weight excluding hydrogens is 981 g/mol. The van der Waals surface area contributed by atoms with E-state index in [0.717, 1.165) is 64.4 Å². The molecule has 32 atom stereocenters. The van der Waals surface area contributed by atoms with E-state index in [1.807, 2.05) is 0 Å². The first-order valence-corrected chi connectivity index (χ1v) is 27.3. The van der Waals surface area contributed by atoms with Gasteiger partial charge < -0.3 is 114 Å². The fourth-order valence-corrected chi connectivity index (χ4v) is 16.1. The quantitative estimate of drug-likeness (QED) is 0.0872. The van der Waals surface area contributed by atoms with E-state index >= 15 is 0 Å². The standard InChI is InChI=1S/C51H84O23/c1-20-7-12-51(66-18-20)21(2)32-27(74-51)14-26-24-6-5-22-13-23(8-10-49(22,3)25(24)9-11-50(26,32)4)67-46-42(64)39(61)43(30(17-54)70-46)72-48-44(73-47-41(63)37(59)34(56)29(16-53)69-47)38(60)35(57)31(71-48)19-65-45-40(62)36(58)33(55)28(15-52)68-45/h20-48,52-64H,5-19H2,1-4H3/t20-,21+,22+,23-,24-,25-,26-,27+,28-,29-,30-,31-,32+,33+,34+,35-,36+,37+,38+,39-,40-,41-,42-,43-,44-,45-,46-,47-,48+,49-,50-,51+/m0/s1. The van der Waals surface area contributed by atoms with Gasteiger partial charge in [0.15, 0.2) is 30.9 Å². The molecule has 6 aliphatic heterocycles. The summed E-state index contributed by atoms with van der Waals surface area (Å²) in [5, 5.41) is 139. The van der Waals surface area contributed by atoms with Crippen molar-refractivity contribution in [1.82, 2.24) is 0 Å². The van der Waals surface area contributed by atoms with E-state index in [-0.39, 0.29) is 23.0 Å². The minimum absolute atomic E-state index is 0.0837. The van der Waals surface area contributed by atoms with Crippen molar-refractivity contribution < 1.29 is 114 Å². The van der Waals surface area contributed by atoms with Crippen molar-refractivity contribution in [1.29, 1.82) is 0 Å². The van der Waals surface area contributed by atoms with E-state index in [1.54, 1.807) is 0 Å². The summed E-state index contributed by atoms with van der Waals surface area (Å²) in [5.74, 6) is 3.02. The third-order valence-corrected chi connectivity index (χ3v) is 20.4. The van der Waals surface area contributed by atoms with Crippen molar-refractivity contribution in [2.45, 2.75) is 233 Å². The lowest BCUT2D eigenvalue weighted by Gasteiger charge is -2.61. The van der Waals surface area contributed by atoms with Gasteiger partial charge in [-0.2, -0.15) is 0 Å². The number of rotatable bonds is 12. The number of aliphatic hydroxyl groups is 13. The van der Waals surface area contributed by atoms with Crippen LogP contribution in [0.25, 0.3) is 0 Å². The first-order chi connectivity index (χ1) is 35.2. The Kier molecular flexibility index (Phi) is 16.6. The van der Waals surface area contributed by atoms with Crippen molar-refractivity contribution in [3.8, 4) is 0 Å². The van der Waals surface area contributed by atoms with Crippen LogP contribution in [0.4, 0.5) is 0 Å². The average Bonchev–Trinajstić information content (AvgIpc) is 3.84. The summed E-state index contributed by atoms with van der Waals surface area (Å²) in [6.45, 7) is 7.30. The number of aliphatic hydroxyl groups excluding tert-OH is 13. The van der Waals surface area contributed by atoms with Crippen LogP contribution in [0.1, 0.15) is 91.9 Å². The molecule has 23 nitrogen and oxygen atoms in total. The maximum absolute atomic E-state index is 11.8. The summed E-state index contributed by atoms with van der Waals surface area (Å²) in [5.41, 5.74) is 0.279. The van der Waals surface area contributed by atoms with Crippen LogP contribution in [0, 0.1) is 52.3 Å². The molecule has 10 aliphatic rings. The second kappa shape index (κ2) is 21.9. The molecule has 0 aromatic carbocycles. The summed E-state index contributed by atoms with van der Waals surface area (Å²) in [6, 6.07) is 0. The van der Waals surface area contributed by atoms with Crippen LogP contribution in [0.5, 0.6) is 0 Å². The summed E-state index contributed by atoms with van der Waals surface area (Å²) in [4.78, 5) is 0. The van der Waals surface area contributed by atoms with Gasteiger partial charge in [-0.25, -0.2) is 0 Å². The van der Waals surface area contributed by atoms with E-state index in [9.17, 15) is 66.4 Å². The molecule has 6 heterocycles. The van der Waals surface area contributed by atoms with Gasteiger partial charge in [0.1, 0.15) is 97.7 Å². The van der Waals surface area contributed by atoms with Gasteiger partial charge >= 0.3 is 0 Å². The molecule has 0 aromatic heterocycles. The number of ether oxygens (including phenoxy) is 10. The molecule has 4 saturated carbocycles. The molecule has 426 valence electrons. The molecular formula is C51H84O23. The zero-order valence-electron chi connectivity index (χ0n) is 42.7. The summed E-state index contributed by atoms with van der Waals surface area (Å²) < 4.78 is 60.8. The maximum atomic E-state index is 11.8. The monoisotopic (exact) mass is 1060 g/mol. The van der Waals surface area contributed by atoms with Gasteiger partial charge in [0.2, 0.25) is 0 Å². The highest BCUT2D eigenvalue weighted by molar-refractivity contribution is 5.15. The van der Waals surface area contributed by atoms with E-state index in [2.05, 4.69) is 27.7 Å². The Labute approximate surface area is 430 Å². The molecule has 0 aromatic rings. The predicted molar refractivity (Wildman–Crippen MR) is 248 cm³/mol. The van der Waals surface area contributed by atoms with Crippen LogP contribution in [0.15, 0.2) is 0 Å². The van der Waals surface area contributed by atoms with Crippen LogP contribution in [-0.4, -0.2) is 240 Å². The van der Waals surface area contributed by atoms with Crippen LogP contribution >= 0.6 is 0 Å². The fraction of sp³-hybridized carbons (Fsp3) is 1.00. The van der Waals surface area contributed by atoms with E-state index < -0.39 is 155 Å². The molecule has 0 bridgehead atoms. The summed E-state index contributed by atoms with van der Waals surface area (Å²) in [6.07, 6.45) is -24.9. The Morgan fingerprint density at radius 1 is 0.500 bits per heavy atom. The predicted octanol–water partition coefficient (Wildman–Crippen LogP) is -2.91. The Bertz CT molecular complexity index is 1870. The van der Waals surface area contributed by atoms with Crippen molar-refractivity contribution in [3.05, 3.63) is 0 Å². The van der Waals surface area contributed by atoms with Gasteiger partial charge in [-0.1, -0.05) is 27.7 Å². The third-order valence-electron chi connectivity index (χ3n) is 20.4. The minimum Gasteiger partial charge on any atom is -0.394 e. The highest BCUT2D eigenvalue weighted by Gasteiger charge is 2.69. The van der Waals surface area contributed by atoms with Gasteiger partial charge in [-0.3, -0.25) is 0 Å². The topological polar surface area (TPSA) is 355 Å². The first-order valence-electron chi connectivity index (χ1n) is 27.3. The van der Waals surface area contributed by atoms with Crippen LogP contribution in [0.2, 0.25) is 0 Å². The Morgan fingerprint density at radius 2 is 1.07 bits per heavy atom. The van der Waals surface area contributed by atoms with E-state index in [0.29, 0.717) is 47.8 Å². The SMILES string of the molecule is C[C@H]1CC[C@@]2(OC1)O[C@@H]1C[C@H]3[C@H]4CC[C@@H]5C[C@@H](O[C@H]6O[C@@H](CO)[C@H](O[C@H]7O[C@@H](CO[C@H]8O[C@@H](CO)[C@@H](O)[C@@H](O)[C@@H]8O)[C@H](O)[C@@H](O)[C@@H]7O[C@@H]7O[C@@H](CO)[C@@H](O)[C@@H](O)[C@@H]7O)[C@@H](O)[C@@H]6O)CC[C@]5(C)[C@H]4CC[C@]3(C)[C@@H]1[C@H]2C. The highest BCUT2D eigenvalue weighted by Crippen LogP contribution is 2.71. The molecule has 0 radical (unpaired) electrons. The molecule has 6 saturated heterocycles. The second-order valence-electron chi connectivity index (χ2n) is 24.4. The summed E-state index contributed by atoms with van der Waals surface area (Å²) >= 11 is 0. The molecule has 1 spiro atoms. The summed E-state index contributed by atoms with van der Waals surface area (Å²) in [7, 11) is 0. The Morgan fingerprint density at radius 3 is 1.73 bits per heavy atom. The molecule has 10 rings (SSSR count). The number of hydrogen-bond donors (Lipinski definition) is 13. The van der Waals surface area contributed by atoms with Gasteiger partial charge in [0.05, 0.1) is 45.2 Å². The molecule has 10 fully saturated rings. The van der Waals surface area contributed by atoms with Crippen LogP contribution < -0.4 is 0 Å². The number of fused-ring (bicyclic) bond motifs is 7. The Balaban J connectivity index is 0.797. The maximum Gasteiger partial charge on any atom is 0.187 e. The molecule has 74 heavy (non-hydrogen) atoms. The van der Waals surface area contributed by atoms with Gasteiger partial charge in [0, 0.05) is 12.3 Å². The zero-order valence-corrected chi connectivity index (χ0v) is 42.7. The second-order valence-corrected chi connectivity index (χ2v) is 24.4. The smallest absolute Gasteiger partial charge is 0.187 e. The van der Waals surface area contributed by atoms with Crippen molar-refractivity contribution in [3.63, 3.8) is 0 Å².